The molecular weight excluding hydrogens is 371 g/mol. The van der Waals surface area contributed by atoms with Gasteiger partial charge in [-0.2, -0.15) is 0 Å². The van der Waals surface area contributed by atoms with E-state index in [2.05, 4.69) is 20.8 Å². The van der Waals surface area contributed by atoms with Crippen molar-refractivity contribution in [2.24, 2.45) is 11.3 Å². The van der Waals surface area contributed by atoms with Gasteiger partial charge in [-0.25, -0.2) is 0 Å². The maximum atomic E-state index is 13.7. The molecule has 2 rings (SSSR count). The molecular formula is C23H30O4P. The summed E-state index contributed by atoms with van der Waals surface area (Å²) in [5.74, 6) is 0.601. The minimum Gasteiger partial charge on any atom is -0.496 e. The van der Waals surface area contributed by atoms with E-state index in [0.29, 0.717) is 22.4 Å². The first-order valence-corrected chi connectivity index (χ1v) is 10.8. The molecule has 3 unspecified atom stereocenters. The van der Waals surface area contributed by atoms with Crippen molar-refractivity contribution < 1.29 is 18.8 Å². The van der Waals surface area contributed by atoms with Gasteiger partial charge < -0.3 is 9.47 Å². The predicted molar refractivity (Wildman–Crippen MR) is 115 cm³/mol. The molecule has 0 saturated carbocycles. The molecule has 2 aromatic rings. The van der Waals surface area contributed by atoms with Gasteiger partial charge in [0.25, 0.3) is 0 Å². The van der Waals surface area contributed by atoms with Crippen LogP contribution in [0.4, 0.5) is 0 Å². The SMILES string of the molecule is COc1cccc(OC)c1C(=O)C(C(C)CC(C)(C)C)[P](=O)c1ccccc1. The van der Waals surface area contributed by atoms with Crippen LogP contribution in [0.1, 0.15) is 44.5 Å². The Labute approximate surface area is 169 Å². The second-order valence-electron chi connectivity index (χ2n) is 8.25. The van der Waals surface area contributed by atoms with E-state index in [0.717, 1.165) is 6.42 Å². The van der Waals surface area contributed by atoms with Crippen molar-refractivity contribution in [2.75, 3.05) is 14.2 Å². The van der Waals surface area contributed by atoms with E-state index >= 15 is 0 Å². The first-order chi connectivity index (χ1) is 13.2. The lowest BCUT2D eigenvalue weighted by molar-refractivity contribution is 0.0954. The molecule has 0 saturated heterocycles. The molecule has 0 aromatic heterocycles. The fourth-order valence-electron chi connectivity index (χ4n) is 3.65. The normalized spacial score (nSPS) is 14.1. The molecule has 4 nitrogen and oxygen atoms in total. The summed E-state index contributed by atoms with van der Waals surface area (Å²) in [6.45, 7) is 8.39. The molecule has 28 heavy (non-hydrogen) atoms. The van der Waals surface area contributed by atoms with Crippen LogP contribution in [0, 0.1) is 11.3 Å². The van der Waals surface area contributed by atoms with E-state index in [1.807, 2.05) is 37.3 Å². The summed E-state index contributed by atoms with van der Waals surface area (Å²) in [4.78, 5) is 13.7. The number of carbonyl (C=O) groups is 1. The number of ether oxygens (including phenoxy) is 2. The van der Waals surface area contributed by atoms with Crippen LogP contribution in [0.15, 0.2) is 48.5 Å². The highest BCUT2D eigenvalue weighted by Crippen LogP contribution is 2.42. The molecule has 5 heteroatoms. The lowest BCUT2D eigenvalue weighted by Crippen LogP contribution is -2.31. The molecule has 0 aliphatic heterocycles. The summed E-state index contributed by atoms with van der Waals surface area (Å²) in [6.07, 6.45) is 0.773. The number of Topliss-reactive ketones (excluding diaryl/α,β-unsaturated/α-hetero) is 1. The summed E-state index contributed by atoms with van der Waals surface area (Å²) in [5.41, 5.74) is -0.297. The van der Waals surface area contributed by atoms with Crippen LogP contribution in [0.25, 0.3) is 0 Å². The van der Waals surface area contributed by atoms with Gasteiger partial charge in [-0.05, 0) is 42.0 Å². The fourth-order valence-corrected chi connectivity index (χ4v) is 5.35. The second-order valence-corrected chi connectivity index (χ2v) is 9.97. The highest BCUT2D eigenvalue weighted by atomic mass is 31.1. The summed E-state index contributed by atoms with van der Waals surface area (Å²) in [6, 6.07) is 14.5. The van der Waals surface area contributed by atoms with Crippen LogP contribution in [-0.2, 0) is 4.57 Å². The van der Waals surface area contributed by atoms with E-state index in [1.54, 1.807) is 18.2 Å². The van der Waals surface area contributed by atoms with E-state index < -0.39 is 13.5 Å². The van der Waals surface area contributed by atoms with Crippen LogP contribution < -0.4 is 14.8 Å². The Balaban J connectivity index is 2.56. The Morgan fingerprint density at radius 1 is 0.964 bits per heavy atom. The van der Waals surface area contributed by atoms with Gasteiger partial charge in [0.2, 0.25) is 0 Å². The van der Waals surface area contributed by atoms with Crippen molar-refractivity contribution in [3.63, 3.8) is 0 Å². The first kappa shape index (κ1) is 22.1. The summed E-state index contributed by atoms with van der Waals surface area (Å²) < 4.78 is 24.4. The quantitative estimate of drug-likeness (QED) is 0.434. The van der Waals surface area contributed by atoms with Crippen molar-refractivity contribution in [3.8, 4) is 11.5 Å². The molecule has 0 heterocycles. The van der Waals surface area contributed by atoms with Crippen molar-refractivity contribution >= 4 is 18.9 Å². The van der Waals surface area contributed by atoms with E-state index in [4.69, 9.17) is 9.47 Å². The molecule has 3 atom stereocenters. The van der Waals surface area contributed by atoms with E-state index in [9.17, 15) is 9.36 Å². The summed E-state index contributed by atoms with van der Waals surface area (Å²) >= 11 is 0. The molecule has 0 fully saturated rings. The van der Waals surface area contributed by atoms with Gasteiger partial charge in [0, 0.05) is 5.30 Å². The average molecular weight is 401 g/mol. The number of hydrogen-bond acceptors (Lipinski definition) is 4. The summed E-state index contributed by atoms with van der Waals surface area (Å²) in [5, 5.41) is 0.686. The number of methoxy groups -OCH3 is 2. The zero-order valence-electron chi connectivity index (χ0n) is 17.6. The molecule has 151 valence electrons. The second kappa shape index (κ2) is 9.34. The Bertz CT molecular complexity index is 802. The standard InChI is InChI=1S/C23H30O4P/c1-16(15-23(2,3)4)22(28(25)17-11-8-7-9-12-17)21(24)20-18(26-5)13-10-14-19(20)27-6/h7-14,16,22H,15H2,1-6H3. The van der Waals surface area contributed by atoms with Gasteiger partial charge in [0.1, 0.15) is 24.9 Å². The van der Waals surface area contributed by atoms with E-state index in [-0.39, 0.29) is 17.1 Å². The number of carbonyl (C=O) groups excluding carboxylic acids is 1. The fraction of sp³-hybridized carbons (Fsp3) is 0.435. The molecule has 0 spiro atoms. The Morgan fingerprint density at radius 2 is 1.50 bits per heavy atom. The zero-order valence-corrected chi connectivity index (χ0v) is 18.5. The molecule has 0 amide bonds. The zero-order chi connectivity index (χ0) is 20.9. The maximum Gasteiger partial charge on any atom is 0.184 e. The smallest absolute Gasteiger partial charge is 0.184 e. The third kappa shape index (κ3) is 5.20. The number of ketones is 1. The van der Waals surface area contributed by atoms with Gasteiger partial charge in [0.15, 0.2) is 5.78 Å². The highest BCUT2D eigenvalue weighted by molar-refractivity contribution is 7.55. The van der Waals surface area contributed by atoms with Gasteiger partial charge in [-0.3, -0.25) is 9.36 Å². The topological polar surface area (TPSA) is 52.6 Å². The molecule has 2 aromatic carbocycles. The lowest BCUT2D eigenvalue weighted by Gasteiger charge is -2.29. The van der Waals surface area contributed by atoms with Gasteiger partial charge in [0.05, 0.1) is 19.9 Å². The van der Waals surface area contributed by atoms with Crippen LogP contribution >= 0.6 is 7.80 Å². The van der Waals surface area contributed by atoms with Crippen molar-refractivity contribution in [3.05, 3.63) is 54.1 Å². The molecule has 0 aliphatic rings. The maximum absolute atomic E-state index is 13.7. The third-order valence-corrected chi connectivity index (χ3v) is 6.74. The van der Waals surface area contributed by atoms with Gasteiger partial charge in [-0.15, -0.1) is 0 Å². The largest absolute Gasteiger partial charge is 0.496 e. The number of benzene rings is 2. The van der Waals surface area contributed by atoms with Gasteiger partial charge >= 0.3 is 0 Å². The third-order valence-electron chi connectivity index (χ3n) is 4.68. The molecule has 0 bridgehead atoms. The van der Waals surface area contributed by atoms with Crippen molar-refractivity contribution in [1.29, 1.82) is 0 Å². The minimum atomic E-state index is -1.94. The number of rotatable bonds is 8. The Hall–Kier alpha value is -2.19. The lowest BCUT2D eigenvalue weighted by atomic mass is 9.82. The minimum absolute atomic E-state index is 0.00959. The predicted octanol–water partition coefficient (Wildman–Crippen LogP) is 5.48. The molecule has 1 radical (unpaired) electrons. The first-order valence-electron chi connectivity index (χ1n) is 9.46. The average Bonchev–Trinajstić information content (AvgIpc) is 2.66. The van der Waals surface area contributed by atoms with Gasteiger partial charge in [-0.1, -0.05) is 52.0 Å². The number of hydrogen-bond donors (Lipinski definition) is 0. The van der Waals surface area contributed by atoms with E-state index in [1.165, 1.54) is 14.2 Å². The Kier molecular flexibility index (Phi) is 7.37. The molecule has 0 aliphatic carbocycles. The summed E-state index contributed by atoms with van der Waals surface area (Å²) in [7, 11) is 1.11. The van der Waals surface area contributed by atoms with Crippen LogP contribution in [-0.4, -0.2) is 25.7 Å². The van der Waals surface area contributed by atoms with Crippen LogP contribution in [0.2, 0.25) is 0 Å². The molecule has 0 N–H and O–H groups in total. The monoisotopic (exact) mass is 401 g/mol. The van der Waals surface area contributed by atoms with Crippen molar-refractivity contribution in [1.82, 2.24) is 0 Å². The van der Waals surface area contributed by atoms with Crippen LogP contribution in [0.3, 0.4) is 0 Å². The van der Waals surface area contributed by atoms with Crippen LogP contribution in [0.5, 0.6) is 11.5 Å². The van der Waals surface area contributed by atoms with Crippen molar-refractivity contribution in [2.45, 2.75) is 39.8 Å². The highest BCUT2D eigenvalue weighted by Gasteiger charge is 2.37. The Morgan fingerprint density at radius 3 is 1.96 bits per heavy atom.